The van der Waals surface area contributed by atoms with Gasteiger partial charge in [0.1, 0.15) is 5.76 Å². The fourth-order valence-corrected chi connectivity index (χ4v) is 8.67. The third-order valence-corrected chi connectivity index (χ3v) is 9.57. The molecule has 0 radical (unpaired) electrons. The predicted octanol–water partition coefficient (Wildman–Crippen LogP) is 5.25. The molecule has 0 aliphatic heterocycles. The van der Waals surface area contributed by atoms with E-state index in [1.165, 1.54) is 12.5 Å². The quantitative estimate of drug-likeness (QED) is 0.603. The second kappa shape index (κ2) is 7.43. The molecule has 0 amide bonds. The van der Waals surface area contributed by atoms with Crippen molar-refractivity contribution < 1.29 is 23.5 Å². The Bertz CT molecular complexity index is 974. The van der Waals surface area contributed by atoms with E-state index >= 15 is 0 Å². The third-order valence-electron chi connectivity index (χ3n) is 9.57. The lowest BCUT2D eigenvalue weighted by molar-refractivity contribution is -0.189. The second-order valence-corrected chi connectivity index (χ2v) is 11.0. The molecular formula is C27H34O5. The molecule has 0 aromatic carbocycles. The number of carbonyl (C=O) groups is 3. The number of rotatable bonds is 3. The molecule has 1 aromatic heterocycles. The molecule has 5 rings (SSSR count). The third kappa shape index (κ3) is 2.92. The van der Waals surface area contributed by atoms with Crippen LogP contribution in [0.4, 0.5) is 0 Å². The average Bonchev–Trinajstić information content (AvgIpc) is 3.34. The standard InChI is InChI=1S/C27H34O5/c1-15-14-26(4)22(9-10-27(26,16(2)28)32-17(3)29)20-8-7-18-12-19(30)13-21(25(18)24(15)20)23-6-5-11-31-23/h5-6,11-12,15,20-22,24-25H,7-10,13-14H2,1-4H3/t15-,20?,21?,22-,24-,25?,26?,27-/m0/s1. The summed E-state index contributed by atoms with van der Waals surface area (Å²) in [5.74, 6) is 2.71. The lowest BCUT2D eigenvalue weighted by Gasteiger charge is -2.59. The number of Topliss-reactive ketones (excluding diaryl/α,β-unsaturated/α-hetero) is 1. The maximum absolute atomic E-state index is 13.0. The van der Waals surface area contributed by atoms with Crippen molar-refractivity contribution in [2.24, 2.45) is 35.0 Å². The lowest BCUT2D eigenvalue weighted by atomic mass is 9.46. The molecule has 4 aliphatic rings. The summed E-state index contributed by atoms with van der Waals surface area (Å²) in [5, 5.41) is 0. The SMILES string of the molecule is CC(=O)O[C@]1(C(C)=O)CC[C@H]2C3CCC4=CC(=O)CC(c5ccco5)C4[C@H]3[C@@H](C)CC21C. The van der Waals surface area contributed by atoms with Gasteiger partial charge >= 0.3 is 5.97 Å². The molecule has 172 valence electrons. The van der Waals surface area contributed by atoms with E-state index in [4.69, 9.17) is 9.15 Å². The molecule has 4 unspecified atom stereocenters. The molecule has 32 heavy (non-hydrogen) atoms. The van der Waals surface area contributed by atoms with Crippen molar-refractivity contribution in [3.8, 4) is 0 Å². The Hall–Kier alpha value is -2.17. The summed E-state index contributed by atoms with van der Waals surface area (Å²) >= 11 is 0. The van der Waals surface area contributed by atoms with Crippen LogP contribution in [0.3, 0.4) is 0 Å². The summed E-state index contributed by atoms with van der Waals surface area (Å²) in [4.78, 5) is 37.6. The Morgan fingerprint density at radius 1 is 1.22 bits per heavy atom. The first-order chi connectivity index (χ1) is 15.2. The molecule has 3 saturated carbocycles. The van der Waals surface area contributed by atoms with E-state index in [1.54, 1.807) is 13.2 Å². The highest BCUT2D eigenvalue weighted by atomic mass is 16.6. The number of ether oxygens (including phenoxy) is 1. The zero-order chi connectivity index (χ0) is 22.8. The number of esters is 1. The number of ketones is 2. The summed E-state index contributed by atoms with van der Waals surface area (Å²) in [7, 11) is 0. The van der Waals surface area contributed by atoms with E-state index in [1.807, 2.05) is 18.2 Å². The van der Waals surface area contributed by atoms with Crippen molar-refractivity contribution in [3.05, 3.63) is 35.8 Å². The summed E-state index contributed by atoms with van der Waals surface area (Å²) in [6.07, 6.45) is 8.46. The number of hydrogen-bond donors (Lipinski definition) is 0. The fraction of sp³-hybridized carbons (Fsp3) is 0.667. The monoisotopic (exact) mass is 438 g/mol. The van der Waals surface area contributed by atoms with Gasteiger partial charge in [0.15, 0.2) is 17.2 Å². The molecule has 3 fully saturated rings. The van der Waals surface area contributed by atoms with Crippen LogP contribution in [-0.2, 0) is 19.1 Å². The van der Waals surface area contributed by atoms with Crippen molar-refractivity contribution in [2.75, 3.05) is 0 Å². The maximum Gasteiger partial charge on any atom is 0.303 e. The van der Waals surface area contributed by atoms with Gasteiger partial charge < -0.3 is 9.15 Å². The van der Waals surface area contributed by atoms with Gasteiger partial charge in [0.05, 0.1) is 6.26 Å². The molecule has 5 nitrogen and oxygen atoms in total. The molecule has 0 N–H and O–H groups in total. The minimum absolute atomic E-state index is 0.0172. The van der Waals surface area contributed by atoms with Crippen LogP contribution in [-0.4, -0.2) is 23.1 Å². The van der Waals surface area contributed by atoms with Crippen LogP contribution in [0.25, 0.3) is 0 Å². The molecule has 1 aromatic rings. The molecule has 0 saturated heterocycles. The largest absolute Gasteiger partial charge is 0.469 e. The van der Waals surface area contributed by atoms with Gasteiger partial charge in [-0.15, -0.1) is 0 Å². The Morgan fingerprint density at radius 3 is 2.66 bits per heavy atom. The molecule has 8 atom stereocenters. The van der Waals surface area contributed by atoms with Crippen molar-refractivity contribution in [3.63, 3.8) is 0 Å². The highest BCUT2D eigenvalue weighted by Crippen LogP contribution is 2.68. The Labute approximate surface area is 190 Å². The molecular weight excluding hydrogens is 404 g/mol. The first-order valence-corrected chi connectivity index (χ1v) is 12.2. The minimum atomic E-state index is -1.01. The molecule has 1 heterocycles. The van der Waals surface area contributed by atoms with E-state index in [0.29, 0.717) is 42.4 Å². The number of furan rings is 1. The Kier molecular flexibility index (Phi) is 5.03. The van der Waals surface area contributed by atoms with Gasteiger partial charge in [0.25, 0.3) is 0 Å². The normalized spacial score (nSPS) is 43.0. The van der Waals surface area contributed by atoms with Gasteiger partial charge in [-0.05, 0) is 86.8 Å². The van der Waals surface area contributed by atoms with Crippen LogP contribution in [0, 0.1) is 35.0 Å². The van der Waals surface area contributed by atoms with Gasteiger partial charge in [-0.25, -0.2) is 0 Å². The van der Waals surface area contributed by atoms with E-state index in [0.717, 1.165) is 31.4 Å². The highest BCUT2D eigenvalue weighted by molar-refractivity contribution is 5.92. The van der Waals surface area contributed by atoms with E-state index in [9.17, 15) is 14.4 Å². The summed E-state index contributed by atoms with van der Waals surface area (Å²) in [5.41, 5.74) is -0.0752. The summed E-state index contributed by atoms with van der Waals surface area (Å²) in [6.45, 7) is 7.51. The number of hydrogen-bond acceptors (Lipinski definition) is 5. The first kappa shape index (κ1) is 21.7. The van der Waals surface area contributed by atoms with Gasteiger partial charge in [-0.1, -0.05) is 19.4 Å². The average molecular weight is 439 g/mol. The van der Waals surface area contributed by atoms with Crippen molar-refractivity contribution >= 4 is 17.5 Å². The predicted molar refractivity (Wildman–Crippen MR) is 119 cm³/mol. The van der Waals surface area contributed by atoms with Crippen LogP contribution >= 0.6 is 0 Å². The second-order valence-electron chi connectivity index (χ2n) is 11.0. The van der Waals surface area contributed by atoms with E-state index in [-0.39, 0.29) is 28.9 Å². The zero-order valence-electron chi connectivity index (χ0n) is 19.6. The maximum atomic E-state index is 13.0. The molecule has 0 bridgehead atoms. The van der Waals surface area contributed by atoms with E-state index < -0.39 is 5.60 Å². The van der Waals surface area contributed by atoms with Crippen LogP contribution in [0.1, 0.15) is 77.9 Å². The van der Waals surface area contributed by atoms with Gasteiger partial charge in [-0.3, -0.25) is 14.4 Å². The first-order valence-electron chi connectivity index (χ1n) is 12.2. The number of allylic oxidation sites excluding steroid dienone is 1. The van der Waals surface area contributed by atoms with Gasteiger partial charge in [0.2, 0.25) is 0 Å². The van der Waals surface area contributed by atoms with Crippen molar-refractivity contribution in [1.82, 2.24) is 0 Å². The minimum Gasteiger partial charge on any atom is -0.469 e. The zero-order valence-corrected chi connectivity index (χ0v) is 19.6. The summed E-state index contributed by atoms with van der Waals surface area (Å²) in [6, 6.07) is 3.93. The molecule has 0 spiro atoms. The molecule has 5 heteroatoms. The smallest absolute Gasteiger partial charge is 0.303 e. The van der Waals surface area contributed by atoms with Gasteiger partial charge in [-0.2, -0.15) is 0 Å². The lowest BCUT2D eigenvalue weighted by Crippen LogP contribution is -2.59. The molecule has 4 aliphatic carbocycles. The Balaban J connectivity index is 1.55. The van der Waals surface area contributed by atoms with Crippen molar-refractivity contribution in [2.45, 2.75) is 77.7 Å². The fourth-order valence-electron chi connectivity index (χ4n) is 8.67. The van der Waals surface area contributed by atoms with Crippen molar-refractivity contribution in [1.29, 1.82) is 0 Å². The number of carbonyl (C=O) groups excluding carboxylic acids is 3. The number of fused-ring (bicyclic) bond motifs is 5. The van der Waals surface area contributed by atoms with Crippen LogP contribution in [0.15, 0.2) is 34.5 Å². The van der Waals surface area contributed by atoms with Crippen LogP contribution in [0.5, 0.6) is 0 Å². The topological polar surface area (TPSA) is 73.6 Å². The van der Waals surface area contributed by atoms with Crippen LogP contribution in [0.2, 0.25) is 0 Å². The Morgan fingerprint density at radius 2 is 2.00 bits per heavy atom. The van der Waals surface area contributed by atoms with Gasteiger partial charge in [0, 0.05) is 24.7 Å². The highest BCUT2D eigenvalue weighted by Gasteiger charge is 2.68. The van der Waals surface area contributed by atoms with E-state index in [2.05, 4.69) is 13.8 Å². The summed E-state index contributed by atoms with van der Waals surface area (Å²) < 4.78 is 11.7. The van der Waals surface area contributed by atoms with Crippen LogP contribution < -0.4 is 0 Å².